The van der Waals surface area contributed by atoms with Gasteiger partial charge in [-0.15, -0.1) is 0 Å². The second-order valence-electron chi connectivity index (χ2n) is 3.74. The molecule has 3 nitrogen and oxygen atoms in total. The molecule has 0 bridgehead atoms. The van der Waals surface area contributed by atoms with Gasteiger partial charge in [0.25, 0.3) is 0 Å². The maximum Gasteiger partial charge on any atom is 0.219 e. The van der Waals surface area contributed by atoms with E-state index in [1.165, 1.54) is 24.3 Å². The quantitative estimate of drug-likeness (QED) is 0.772. The van der Waals surface area contributed by atoms with Crippen LogP contribution in [0, 0.1) is 5.82 Å². The highest BCUT2D eigenvalue weighted by Crippen LogP contribution is 2.08. The molecule has 0 unspecified atom stereocenters. The number of hydrogen-bond donors (Lipinski definition) is 1. The number of ketones is 1. The van der Waals surface area contributed by atoms with Crippen molar-refractivity contribution in [1.82, 2.24) is 5.32 Å². The number of hydrogen-bond acceptors (Lipinski definition) is 2. The van der Waals surface area contributed by atoms with Crippen LogP contribution >= 0.6 is 0 Å². The summed E-state index contributed by atoms with van der Waals surface area (Å²) in [6.45, 7) is 2.45. The lowest BCUT2D eigenvalue weighted by atomic mass is 10.1. The lowest BCUT2D eigenvalue weighted by molar-refractivity contribution is -0.121. The Bertz CT molecular complexity index is 387. The number of carbonyl (C=O) groups excluding carboxylic acids is 2. The molecule has 1 aromatic carbocycles. The Hall–Kier alpha value is -1.71. The monoisotopic (exact) mass is 237 g/mol. The minimum Gasteiger partial charge on any atom is -0.356 e. The Morgan fingerprint density at radius 2 is 1.82 bits per heavy atom. The van der Waals surface area contributed by atoms with Gasteiger partial charge in [-0.25, -0.2) is 4.39 Å². The molecule has 1 rings (SSSR count). The second-order valence-corrected chi connectivity index (χ2v) is 3.74. The lowest BCUT2D eigenvalue weighted by Gasteiger charge is -2.02. The van der Waals surface area contributed by atoms with Crippen molar-refractivity contribution in [3.05, 3.63) is 35.6 Å². The largest absolute Gasteiger partial charge is 0.356 e. The van der Waals surface area contributed by atoms with Gasteiger partial charge in [-0.1, -0.05) is 0 Å². The van der Waals surface area contributed by atoms with Crippen LogP contribution in [0.4, 0.5) is 4.39 Å². The van der Waals surface area contributed by atoms with E-state index < -0.39 is 0 Å². The standard InChI is InChI=1S/C13H16FNO2/c1-2-15-13(17)5-3-4-12(16)10-6-8-11(14)9-7-10/h6-9H,2-5H2,1H3,(H,15,17). The van der Waals surface area contributed by atoms with E-state index in [0.717, 1.165) is 0 Å². The maximum atomic E-state index is 12.6. The summed E-state index contributed by atoms with van der Waals surface area (Å²) in [4.78, 5) is 22.8. The van der Waals surface area contributed by atoms with Gasteiger partial charge in [0.05, 0.1) is 0 Å². The average molecular weight is 237 g/mol. The summed E-state index contributed by atoms with van der Waals surface area (Å²) in [6.07, 6.45) is 1.17. The van der Waals surface area contributed by atoms with Crippen LogP contribution in [0.3, 0.4) is 0 Å². The molecule has 17 heavy (non-hydrogen) atoms. The summed E-state index contributed by atoms with van der Waals surface area (Å²) in [6, 6.07) is 5.45. The van der Waals surface area contributed by atoms with Crippen LogP contribution in [0.15, 0.2) is 24.3 Å². The minimum atomic E-state index is -0.358. The fourth-order valence-electron chi connectivity index (χ4n) is 1.48. The smallest absolute Gasteiger partial charge is 0.219 e. The highest BCUT2D eigenvalue weighted by molar-refractivity contribution is 5.96. The predicted molar refractivity (Wildman–Crippen MR) is 63.3 cm³/mol. The third kappa shape index (κ3) is 4.76. The van der Waals surface area contributed by atoms with Gasteiger partial charge in [0.1, 0.15) is 5.82 Å². The van der Waals surface area contributed by atoms with Gasteiger partial charge in [0.15, 0.2) is 5.78 Å². The summed E-state index contributed by atoms with van der Waals surface area (Å²) in [5, 5.41) is 2.67. The van der Waals surface area contributed by atoms with Gasteiger partial charge < -0.3 is 5.32 Å². The molecule has 0 saturated carbocycles. The Morgan fingerprint density at radius 3 is 2.41 bits per heavy atom. The Balaban J connectivity index is 2.35. The Kier molecular flexibility index (Phi) is 5.33. The zero-order chi connectivity index (χ0) is 12.7. The highest BCUT2D eigenvalue weighted by atomic mass is 19.1. The zero-order valence-corrected chi connectivity index (χ0v) is 9.83. The van der Waals surface area contributed by atoms with E-state index in [1.54, 1.807) is 0 Å². The van der Waals surface area contributed by atoms with Crippen LogP contribution in [0.25, 0.3) is 0 Å². The molecule has 0 aliphatic carbocycles. The van der Waals surface area contributed by atoms with Crippen molar-refractivity contribution in [2.45, 2.75) is 26.2 Å². The zero-order valence-electron chi connectivity index (χ0n) is 9.83. The number of rotatable bonds is 6. The van der Waals surface area contributed by atoms with E-state index in [9.17, 15) is 14.0 Å². The average Bonchev–Trinajstić information content (AvgIpc) is 2.30. The van der Waals surface area contributed by atoms with Gasteiger partial charge in [-0.2, -0.15) is 0 Å². The summed E-state index contributed by atoms with van der Waals surface area (Å²) < 4.78 is 12.6. The van der Waals surface area contributed by atoms with E-state index in [-0.39, 0.29) is 17.5 Å². The molecule has 0 atom stereocenters. The molecule has 0 radical (unpaired) electrons. The molecule has 1 N–H and O–H groups in total. The van der Waals surface area contributed by atoms with Crippen molar-refractivity contribution in [2.75, 3.05) is 6.54 Å². The summed E-state index contributed by atoms with van der Waals surface area (Å²) in [5.41, 5.74) is 0.488. The fourth-order valence-corrected chi connectivity index (χ4v) is 1.48. The van der Waals surface area contributed by atoms with Crippen LogP contribution in [0.2, 0.25) is 0 Å². The SMILES string of the molecule is CCNC(=O)CCCC(=O)c1ccc(F)cc1. The van der Waals surface area contributed by atoms with Gasteiger partial charge >= 0.3 is 0 Å². The van der Waals surface area contributed by atoms with Crippen molar-refractivity contribution in [3.63, 3.8) is 0 Å². The van der Waals surface area contributed by atoms with Crippen molar-refractivity contribution < 1.29 is 14.0 Å². The maximum absolute atomic E-state index is 12.6. The molecule has 0 saturated heterocycles. The first-order valence-electron chi connectivity index (χ1n) is 5.69. The van der Waals surface area contributed by atoms with Crippen LogP contribution < -0.4 is 5.32 Å². The first-order chi connectivity index (χ1) is 8.13. The van der Waals surface area contributed by atoms with Crippen LogP contribution in [-0.4, -0.2) is 18.2 Å². The lowest BCUT2D eigenvalue weighted by Crippen LogP contribution is -2.22. The Labute approximate surface area is 100 Å². The molecule has 0 aromatic heterocycles. The molecular weight excluding hydrogens is 221 g/mol. The number of carbonyl (C=O) groups is 2. The van der Waals surface area contributed by atoms with Crippen molar-refractivity contribution in [2.24, 2.45) is 0 Å². The molecule has 0 fully saturated rings. The summed E-state index contributed by atoms with van der Waals surface area (Å²) in [5.74, 6) is -0.461. The van der Waals surface area contributed by atoms with Gasteiger partial charge in [0.2, 0.25) is 5.91 Å². The molecule has 0 aliphatic rings. The van der Waals surface area contributed by atoms with Crippen LogP contribution in [0.1, 0.15) is 36.5 Å². The predicted octanol–water partition coefficient (Wildman–Crippen LogP) is 2.31. The van der Waals surface area contributed by atoms with E-state index in [1.807, 2.05) is 6.92 Å². The molecule has 1 aromatic rings. The molecule has 0 aliphatic heterocycles. The molecule has 92 valence electrons. The van der Waals surface area contributed by atoms with Crippen molar-refractivity contribution >= 4 is 11.7 Å². The van der Waals surface area contributed by atoms with Crippen LogP contribution in [0.5, 0.6) is 0 Å². The van der Waals surface area contributed by atoms with Crippen LogP contribution in [-0.2, 0) is 4.79 Å². The van der Waals surface area contributed by atoms with E-state index in [2.05, 4.69) is 5.32 Å². The van der Waals surface area contributed by atoms with Gasteiger partial charge in [0, 0.05) is 24.9 Å². The minimum absolute atomic E-state index is 0.0422. The molecule has 4 heteroatoms. The Morgan fingerprint density at radius 1 is 1.18 bits per heavy atom. The van der Waals surface area contributed by atoms with E-state index >= 15 is 0 Å². The first kappa shape index (κ1) is 13.4. The number of halogens is 1. The number of benzene rings is 1. The molecule has 0 spiro atoms. The second kappa shape index (κ2) is 6.78. The molecule has 0 heterocycles. The molecular formula is C13H16FNO2. The number of amides is 1. The van der Waals surface area contributed by atoms with Crippen molar-refractivity contribution in [1.29, 1.82) is 0 Å². The highest BCUT2D eigenvalue weighted by Gasteiger charge is 2.07. The normalized spacial score (nSPS) is 10.0. The molecule has 1 amide bonds. The van der Waals surface area contributed by atoms with Crippen molar-refractivity contribution in [3.8, 4) is 0 Å². The third-order valence-electron chi connectivity index (χ3n) is 2.35. The van der Waals surface area contributed by atoms with Gasteiger partial charge in [-0.05, 0) is 37.6 Å². The topological polar surface area (TPSA) is 46.2 Å². The first-order valence-corrected chi connectivity index (χ1v) is 5.69. The number of Topliss-reactive ketones (excluding diaryl/α,β-unsaturated/α-hetero) is 1. The third-order valence-corrected chi connectivity index (χ3v) is 2.35. The fraction of sp³-hybridized carbons (Fsp3) is 0.385. The van der Waals surface area contributed by atoms with Gasteiger partial charge in [-0.3, -0.25) is 9.59 Å². The van der Waals surface area contributed by atoms with E-state index in [0.29, 0.717) is 31.4 Å². The van der Waals surface area contributed by atoms with E-state index in [4.69, 9.17) is 0 Å². The number of nitrogens with one attached hydrogen (secondary N) is 1. The summed E-state index contributed by atoms with van der Waals surface area (Å²) in [7, 11) is 0. The summed E-state index contributed by atoms with van der Waals surface area (Å²) >= 11 is 0.